The lowest BCUT2D eigenvalue weighted by Gasteiger charge is -2.12. The van der Waals surface area contributed by atoms with Crippen LogP contribution < -0.4 is 5.32 Å². The summed E-state index contributed by atoms with van der Waals surface area (Å²) < 4.78 is 1.04. The minimum absolute atomic E-state index is 0.557. The molecule has 0 bridgehead atoms. The number of halogens is 1. The summed E-state index contributed by atoms with van der Waals surface area (Å²) >= 11 is 3.44. The van der Waals surface area contributed by atoms with E-state index in [0.717, 1.165) is 59.8 Å². The maximum Gasteiger partial charge on any atom is 0.161 e. The fourth-order valence-corrected chi connectivity index (χ4v) is 3.10. The number of benzene rings is 1. The van der Waals surface area contributed by atoms with E-state index in [1.165, 1.54) is 5.06 Å². The highest BCUT2D eigenvalue weighted by atomic mass is 79.9. The smallest absolute Gasteiger partial charge is 0.161 e. The van der Waals surface area contributed by atoms with Crippen molar-refractivity contribution in [3.8, 4) is 11.4 Å². The molecule has 5 nitrogen and oxygen atoms in total. The molecule has 2 aromatic rings. The highest BCUT2D eigenvalue weighted by molar-refractivity contribution is 9.10. The van der Waals surface area contributed by atoms with Crippen molar-refractivity contribution in [3.63, 3.8) is 0 Å². The molecule has 122 valence electrons. The molecule has 0 radical (unpaired) electrons. The molecule has 1 fully saturated rings. The zero-order valence-corrected chi connectivity index (χ0v) is 14.8. The van der Waals surface area contributed by atoms with Crippen molar-refractivity contribution in [1.82, 2.24) is 15.0 Å². The van der Waals surface area contributed by atoms with E-state index in [9.17, 15) is 5.21 Å². The van der Waals surface area contributed by atoms with Crippen molar-refractivity contribution in [3.05, 3.63) is 40.5 Å². The van der Waals surface area contributed by atoms with Crippen LogP contribution in [0.4, 0.5) is 5.82 Å². The number of aromatic nitrogens is 2. The number of hydrogen-bond acceptors (Lipinski definition) is 5. The third-order valence-electron chi connectivity index (χ3n) is 4.08. The first-order valence-corrected chi connectivity index (χ1v) is 8.69. The van der Waals surface area contributed by atoms with Crippen LogP contribution >= 0.6 is 15.9 Å². The topological polar surface area (TPSA) is 61.3 Å². The fourth-order valence-electron chi connectivity index (χ4n) is 2.84. The molecule has 0 amide bonds. The van der Waals surface area contributed by atoms with Gasteiger partial charge < -0.3 is 10.5 Å². The van der Waals surface area contributed by atoms with E-state index in [1.807, 2.05) is 37.3 Å². The van der Waals surface area contributed by atoms with Crippen LogP contribution in [-0.4, -0.2) is 39.9 Å². The molecule has 0 spiro atoms. The van der Waals surface area contributed by atoms with Gasteiger partial charge in [-0.25, -0.2) is 9.97 Å². The van der Waals surface area contributed by atoms with Gasteiger partial charge in [-0.1, -0.05) is 28.1 Å². The Bertz CT molecular complexity index is 662. The summed E-state index contributed by atoms with van der Waals surface area (Å²) in [6.45, 7) is 4.39. The van der Waals surface area contributed by atoms with Gasteiger partial charge in [-0.05, 0) is 37.8 Å². The summed E-state index contributed by atoms with van der Waals surface area (Å²) in [4.78, 5) is 9.14. The van der Waals surface area contributed by atoms with Crippen LogP contribution in [0.1, 0.15) is 18.5 Å². The predicted octanol–water partition coefficient (Wildman–Crippen LogP) is 3.73. The van der Waals surface area contributed by atoms with E-state index in [1.54, 1.807) is 0 Å². The van der Waals surface area contributed by atoms with Gasteiger partial charge in [0, 0.05) is 41.4 Å². The van der Waals surface area contributed by atoms with Gasteiger partial charge in [0.05, 0.1) is 0 Å². The lowest BCUT2D eigenvalue weighted by Crippen LogP contribution is -2.16. The van der Waals surface area contributed by atoms with Crippen LogP contribution in [0.3, 0.4) is 0 Å². The van der Waals surface area contributed by atoms with Crippen molar-refractivity contribution < 1.29 is 5.21 Å². The van der Waals surface area contributed by atoms with Gasteiger partial charge in [0.1, 0.15) is 5.82 Å². The number of nitrogens with zero attached hydrogens (tertiary/aromatic N) is 3. The fraction of sp³-hybridized carbons (Fsp3) is 0.412. The molecule has 1 saturated heterocycles. The van der Waals surface area contributed by atoms with Gasteiger partial charge in [-0.3, -0.25) is 0 Å². The second kappa shape index (κ2) is 7.38. The van der Waals surface area contributed by atoms with E-state index in [4.69, 9.17) is 0 Å². The molecule has 1 aliphatic rings. The van der Waals surface area contributed by atoms with Gasteiger partial charge in [0.25, 0.3) is 0 Å². The molecule has 2 N–H and O–H groups in total. The molecule has 1 aromatic heterocycles. The quantitative estimate of drug-likeness (QED) is 0.832. The lowest BCUT2D eigenvalue weighted by molar-refractivity contribution is -0.0714. The number of hydroxylamine groups is 2. The van der Waals surface area contributed by atoms with Crippen molar-refractivity contribution in [2.24, 2.45) is 5.92 Å². The zero-order valence-electron chi connectivity index (χ0n) is 13.2. The van der Waals surface area contributed by atoms with Gasteiger partial charge in [0.2, 0.25) is 0 Å². The van der Waals surface area contributed by atoms with Gasteiger partial charge in [-0.2, -0.15) is 5.06 Å². The highest BCUT2D eigenvalue weighted by Crippen LogP contribution is 2.21. The van der Waals surface area contributed by atoms with E-state index >= 15 is 0 Å². The highest BCUT2D eigenvalue weighted by Gasteiger charge is 2.20. The van der Waals surface area contributed by atoms with Crippen molar-refractivity contribution in [1.29, 1.82) is 0 Å². The predicted molar refractivity (Wildman–Crippen MR) is 94.5 cm³/mol. The number of aryl methyl sites for hydroxylation is 1. The number of nitrogens with one attached hydrogen (secondary N) is 1. The Balaban J connectivity index is 1.64. The average molecular weight is 377 g/mol. The number of anilines is 1. The third-order valence-corrected chi connectivity index (χ3v) is 4.61. The molecular weight excluding hydrogens is 356 g/mol. The lowest BCUT2D eigenvalue weighted by atomic mass is 10.1. The average Bonchev–Trinajstić information content (AvgIpc) is 2.93. The molecule has 0 aliphatic carbocycles. The Morgan fingerprint density at radius 1 is 1.30 bits per heavy atom. The summed E-state index contributed by atoms with van der Waals surface area (Å²) in [5, 5.41) is 14.2. The minimum Gasteiger partial charge on any atom is -0.370 e. The Morgan fingerprint density at radius 2 is 2.09 bits per heavy atom. The van der Waals surface area contributed by atoms with Crippen LogP contribution in [0.25, 0.3) is 11.4 Å². The van der Waals surface area contributed by atoms with E-state index in [2.05, 4.69) is 31.2 Å². The summed E-state index contributed by atoms with van der Waals surface area (Å²) in [5.41, 5.74) is 1.95. The SMILES string of the molecule is Cc1cc(NCCC2CCN(O)C2)nc(-c2ccc(Br)cc2)n1. The largest absolute Gasteiger partial charge is 0.370 e. The molecule has 3 rings (SSSR count). The van der Waals surface area contributed by atoms with E-state index in [0.29, 0.717) is 5.92 Å². The number of rotatable bonds is 5. The summed E-state index contributed by atoms with van der Waals surface area (Å²) in [7, 11) is 0. The molecule has 1 unspecified atom stereocenters. The van der Waals surface area contributed by atoms with Crippen LogP contribution in [0.15, 0.2) is 34.8 Å². The van der Waals surface area contributed by atoms with Gasteiger partial charge >= 0.3 is 0 Å². The van der Waals surface area contributed by atoms with Gasteiger partial charge in [-0.15, -0.1) is 0 Å². The Kier molecular flexibility index (Phi) is 5.25. The summed E-state index contributed by atoms with van der Waals surface area (Å²) in [6, 6.07) is 9.98. The van der Waals surface area contributed by atoms with Gasteiger partial charge in [0.15, 0.2) is 5.82 Å². The van der Waals surface area contributed by atoms with E-state index in [-0.39, 0.29) is 0 Å². The third kappa shape index (κ3) is 4.50. The van der Waals surface area contributed by atoms with Crippen molar-refractivity contribution in [2.75, 3.05) is 25.0 Å². The molecule has 1 atom stereocenters. The van der Waals surface area contributed by atoms with Crippen LogP contribution in [-0.2, 0) is 0 Å². The monoisotopic (exact) mass is 376 g/mol. The summed E-state index contributed by atoms with van der Waals surface area (Å²) in [6.07, 6.45) is 2.10. The molecular formula is C17H21BrN4O. The van der Waals surface area contributed by atoms with Crippen molar-refractivity contribution >= 4 is 21.7 Å². The van der Waals surface area contributed by atoms with Crippen LogP contribution in [0.2, 0.25) is 0 Å². The first-order chi connectivity index (χ1) is 11.1. The minimum atomic E-state index is 0.557. The Labute approximate surface area is 144 Å². The normalized spacial score (nSPS) is 18.3. The van der Waals surface area contributed by atoms with Crippen LogP contribution in [0.5, 0.6) is 0 Å². The first-order valence-electron chi connectivity index (χ1n) is 7.89. The second-order valence-electron chi connectivity index (χ2n) is 6.01. The summed E-state index contributed by atoms with van der Waals surface area (Å²) in [5.74, 6) is 2.15. The Morgan fingerprint density at radius 3 is 2.78 bits per heavy atom. The molecule has 6 heteroatoms. The molecule has 1 aromatic carbocycles. The Hall–Kier alpha value is -1.50. The number of hydrogen-bond donors (Lipinski definition) is 2. The maximum atomic E-state index is 9.42. The maximum absolute atomic E-state index is 9.42. The molecule has 23 heavy (non-hydrogen) atoms. The van der Waals surface area contributed by atoms with Crippen LogP contribution in [0, 0.1) is 12.8 Å². The molecule has 2 heterocycles. The first kappa shape index (κ1) is 16.4. The standard InChI is InChI=1S/C17H21BrN4O/c1-12-10-16(19-8-6-13-7-9-22(23)11-13)21-17(20-12)14-2-4-15(18)5-3-14/h2-5,10,13,23H,6-9,11H2,1H3,(H,19,20,21). The molecule has 1 aliphatic heterocycles. The molecule has 0 saturated carbocycles. The second-order valence-corrected chi connectivity index (χ2v) is 6.92. The van der Waals surface area contributed by atoms with Crippen molar-refractivity contribution in [2.45, 2.75) is 19.8 Å². The van der Waals surface area contributed by atoms with E-state index < -0.39 is 0 Å². The zero-order chi connectivity index (χ0) is 16.2.